The van der Waals surface area contributed by atoms with Crippen molar-refractivity contribution in [3.05, 3.63) is 23.0 Å². The van der Waals surface area contributed by atoms with Gasteiger partial charge in [0.2, 0.25) is 5.91 Å². The van der Waals surface area contributed by atoms with Gasteiger partial charge < -0.3 is 14.0 Å². The van der Waals surface area contributed by atoms with E-state index >= 15 is 0 Å². The molecule has 0 aliphatic carbocycles. The molecular formula is C17H22N2O4S. The van der Waals surface area contributed by atoms with Gasteiger partial charge in [0.05, 0.1) is 30.4 Å². The number of thiazole rings is 1. The summed E-state index contributed by atoms with van der Waals surface area (Å²) < 4.78 is 13.1. The van der Waals surface area contributed by atoms with Crippen LogP contribution in [0.25, 0.3) is 10.2 Å². The first-order valence-electron chi connectivity index (χ1n) is 7.99. The minimum absolute atomic E-state index is 0.152. The fourth-order valence-corrected chi connectivity index (χ4v) is 3.40. The number of hydrogen-bond acceptors (Lipinski definition) is 5. The number of ether oxygens (including phenoxy) is 2. The summed E-state index contributed by atoms with van der Waals surface area (Å²) in [7, 11) is 1.61. The number of methoxy groups -OCH3 is 1. The Hall–Kier alpha value is -2.15. The van der Waals surface area contributed by atoms with Crippen molar-refractivity contribution in [1.29, 1.82) is 0 Å². The normalized spacial score (nSPS) is 11.7. The van der Waals surface area contributed by atoms with Crippen molar-refractivity contribution in [2.45, 2.75) is 39.7 Å². The van der Waals surface area contributed by atoms with Crippen LogP contribution in [0.1, 0.15) is 33.1 Å². The van der Waals surface area contributed by atoms with Crippen LogP contribution in [0.3, 0.4) is 0 Å². The average Bonchev–Trinajstić information content (AvgIpc) is 2.89. The van der Waals surface area contributed by atoms with Gasteiger partial charge in [-0.15, -0.1) is 0 Å². The lowest BCUT2D eigenvalue weighted by Crippen LogP contribution is -2.19. The van der Waals surface area contributed by atoms with Crippen LogP contribution in [0.15, 0.2) is 23.2 Å². The Morgan fingerprint density at radius 3 is 2.71 bits per heavy atom. The van der Waals surface area contributed by atoms with Gasteiger partial charge in [0.15, 0.2) is 4.80 Å². The van der Waals surface area contributed by atoms with Gasteiger partial charge >= 0.3 is 5.97 Å². The van der Waals surface area contributed by atoms with Gasteiger partial charge in [-0.3, -0.25) is 9.59 Å². The predicted octanol–water partition coefficient (Wildman–Crippen LogP) is 2.89. The van der Waals surface area contributed by atoms with E-state index in [2.05, 4.69) is 4.99 Å². The smallest absolute Gasteiger partial charge is 0.307 e. The molecule has 0 radical (unpaired) electrons. The number of carbonyl (C=O) groups excluding carboxylic acids is 2. The van der Waals surface area contributed by atoms with Crippen LogP contribution < -0.4 is 9.54 Å². The Balaban J connectivity index is 2.43. The summed E-state index contributed by atoms with van der Waals surface area (Å²) >= 11 is 1.42. The highest BCUT2D eigenvalue weighted by Crippen LogP contribution is 2.23. The molecule has 130 valence electrons. The molecule has 0 aliphatic rings. The lowest BCUT2D eigenvalue weighted by molar-refractivity contribution is -0.143. The molecule has 1 heterocycles. The Bertz CT molecular complexity index is 791. The molecule has 0 atom stereocenters. The zero-order chi connectivity index (χ0) is 17.5. The first-order chi connectivity index (χ1) is 11.6. The minimum atomic E-state index is -0.260. The van der Waals surface area contributed by atoms with Crippen molar-refractivity contribution in [2.75, 3.05) is 13.7 Å². The maximum absolute atomic E-state index is 11.9. The highest BCUT2D eigenvalue weighted by Gasteiger charge is 2.11. The Kier molecular flexibility index (Phi) is 6.54. The second-order valence-electron chi connectivity index (χ2n) is 5.18. The number of hydrogen-bond donors (Lipinski definition) is 0. The number of aryl methyl sites for hydroxylation is 1. The number of fused-ring (bicyclic) bond motifs is 1. The highest BCUT2D eigenvalue weighted by molar-refractivity contribution is 7.16. The van der Waals surface area contributed by atoms with E-state index < -0.39 is 0 Å². The topological polar surface area (TPSA) is 69.9 Å². The largest absolute Gasteiger partial charge is 0.497 e. The predicted molar refractivity (Wildman–Crippen MR) is 93.1 cm³/mol. The Labute approximate surface area is 144 Å². The molecule has 1 aromatic carbocycles. The maximum Gasteiger partial charge on any atom is 0.307 e. The van der Waals surface area contributed by atoms with Crippen LogP contribution in [0.4, 0.5) is 0 Å². The van der Waals surface area contributed by atoms with Gasteiger partial charge in [0.25, 0.3) is 0 Å². The van der Waals surface area contributed by atoms with E-state index in [4.69, 9.17) is 9.47 Å². The first-order valence-corrected chi connectivity index (χ1v) is 8.81. The quantitative estimate of drug-likeness (QED) is 0.720. The number of nitrogens with zero attached hydrogens (tertiary/aromatic N) is 2. The molecule has 24 heavy (non-hydrogen) atoms. The van der Waals surface area contributed by atoms with E-state index in [-0.39, 0.29) is 18.3 Å². The molecule has 2 rings (SSSR count). The van der Waals surface area contributed by atoms with Crippen molar-refractivity contribution < 1.29 is 19.1 Å². The number of amides is 1. The molecule has 0 spiro atoms. The summed E-state index contributed by atoms with van der Waals surface area (Å²) in [5.41, 5.74) is 0.924. The van der Waals surface area contributed by atoms with Crippen LogP contribution in [-0.2, 0) is 20.9 Å². The van der Waals surface area contributed by atoms with Gasteiger partial charge in [-0.2, -0.15) is 4.99 Å². The number of rotatable bonds is 7. The first kappa shape index (κ1) is 18.2. The van der Waals surface area contributed by atoms with Crippen molar-refractivity contribution in [1.82, 2.24) is 4.57 Å². The lowest BCUT2D eigenvalue weighted by atomic mass is 10.3. The van der Waals surface area contributed by atoms with Gasteiger partial charge in [-0.1, -0.05) is 18.3 Å². The van der Waals surface area contributed by atoms with E-state index in [1.54, 1.807) is 14.0 Å². The monoisotopic (exact) mass is 350 g/mol. The Morgan fingerprint density at radius 1 is 1.25 bits per heavy atom. The van der Waals surface area contributed by atoms with E-state index in [0.29, 0.717) is 24.4 Å². The standard InChI is InChI=1S/C17H22N2O4S/c1-4-6-15(20)18-17-19(10-9-16(21)23-5-2)13-8-7-12(22-3)11-14(13)24-17/h7-8,11H,4-6,9-10H2,1-3H3. The number of carbonyl (C=O) groups is 2. The number of benzene rings is 1. The van der Waals surface area contributed by atoms with Crippen molar-refractivity contribution in [3.63, 3.8) is 0 Å². The fourth-order valence-electron chi connectivity index (χ4n) is 2.29. The van der Waals surface area contributed by atoms with E-state index in [9.17, 15) is 9.59 Å². The van der Waals surface area contributed by atoms with Gasteiger partial charge in [0, 0.05) is 13.0 Å². The molecule has 0 aliphatic heterocycles. The van der Waals surface area contributed by atoms with E-state index in [1.165, 1.54) is 11.3 Å². The van der Waals surface area contributed by atoms with Crippen molar-refractivity contribution >= 4 is 33.4 Å². The van der Waals surface area contributed by atoms with Crippen LogP contribution in [0.2, 0.25) is 0 Å². The van der Waals surface area contributed by atoms with E-state index in [0.717, 1.165) is 22.4 Å². The highest BCUT2D eigenvalue weighted by atomic mass is 32.1. The summed E-state index contributed by atoms with van der Waals surface area (Å²) in [5, 5.41) is 0. The second-order valence-corrected chi connectivity index (χ2v) is 6.19. The fraction of sp³-hybridized carbons (Fsp3) is 0.471. The molecule has 0 bridgehead atoms. The molecule has 0 N–H and O–H groups in total. The minimum Gasteiger partial charge on any atom is -0.497 e. The molecule has 6 nitrogen and oxygen atoms in total. The summed E-state index contributed by atoms with van der Waals surface area (Å²) in [6.45, 7) is 4.50. The molecule has 1 aromatic heterocycles. The van der Waals surface area contributed by atoms with Crippen LogP contribution in [-0.4, -0.2) is 30.2 Å². The number of aromatic nitrogens is 1. The van der Waals surface area contributed by atoms with Gasteiger partial charge in [-0.05, 0) is 31.5 Å². The number of esters is 1. The molecule has 1 amide bonds. The van der Waals surface area contributed by atoms with Crippen LogP contribution in [0.5, 0.6) is 5.75 Å². The second kappa shape index (κ2) is 8.63. The van der Waals surface area contributed by atoms with Crippen LogP contribution >= 0.6 is 11.3 Å². The lowest BCUT2D eigenvalue weighted by Gasteiger charge is -2.06. The van der Waals surface area contributed by atoms with Crippen molar-refractivity contribution in [3.8, 4) is 5.75 Å². The summed E-state index contributed by atoms with van der Waals surface area (Å²) in [4.78, 5) is 28.4. The molecule has 7 heteroatoms. The van der Waals surface area contributed by atoms with Crippen LogP contribution in [0, 0.1) is 0 Å². The SMILES string of the molecule is CCCC(=O)N=c1sc2cc(OC)ccc2n1CCC(=O)OCC. The van der Waals surface area contributed by atoms with Crippen molar-refractivity contribution in [2.24, 2.45) is 4.99 Å². The third-order valence-corrected chi connectivity index (χ3v) is 4.46. The Morgan fingerprint density at radius 2 is 2.04 bits per heavy atom. The molecular weight excluding hydrogens is 328 g/mol. The van der Waals surface area contributed by atoms with E-state index in [1.807, 2.05) is 29.7 Å². The van der Waals surface area contributed by atoms with Gasteiger partial charge in [0.1, 0.15) is 5.75 Å². The zero-order valence-electron chi connectivity index (χ0n) is 14.2. The maximum atomic E-state index is 11.9. The molecule has 0 unspecified atom stereocenters. The molecule has 0 saturated heterocycles. The third kappa shape index (κ3) is 4.44. The average molecular weight is 350 g/mol. The molecule has 2 aromatic rings. The zero-order valence-corrected chi connectivity index (χ0v) is 15.0. The third-order valence-electron chi connectivity index (χ3n) is 3.42. The van der Waals surface area contributed by atoms with Gasteiger partial charge in [-0.25, -0.2) is 0 Å². The summed E-state index contributed by atoms with van der Waals surface area (Å²) in [5.74, 6) is 0.331. The molecule has 0 saturated carbocycles. The summed E-state index contributed by atoms with van der Waals surface area (Å²) in [6, 6.07) is 5.68. The molecule has 0 fully saturated rings. The summed E-state index contributed by atoms with van der Waals surface area (Å²) in [6.07, 6.45) is 1.40.